The Kier molecular flexibility index (Phi) is 7.20. The van der Waals surface area contributed by atoms with E-state index in [-0.39, 0.29) is 30.3 Å². The van der Waals surface area contributed by atoms with Crippen LogP contribution >= 0.6 is 23.2 Å². The van der Waals surface area contributed by atoms with Gasteiger partial charge >= 0.3 is 0 Å². The molecule has 0 aliphatic rings. The van der Waals surface area contributed by atoms with E-state index in [1.165, 1.54) is 4.90 Å². The van der Waals surface area contributed by atoms with Gasteiger partial charge in [-0.25, -0.2) is 0 Å². The summed E-state index contributed by atoms with van der Waals surface area (Å²) in [6.45, 7) is 2.21. The number of para-hydroxylation sites is 2. The van der Waals surface area contributed by atoms with Crippen molar-refractivity contribution in [2.45, 2.75) is 19.9 Å². The van der Waals surface area contributed by atoms with Gasteiger partial charge in [-0.3, -0.25) is 14.4 Å². The number of benzene rings is 3. The molecule has 1 aromatic heterocycles. The first kappa shape index (κ1) is 23.8. The number of nitrogens with zero attached hydrogens (tertiary/aromatic N) is 2. The molecule has 3 aromatic carbocycles. The molecule has 0 radical (unpaired) electrons. The molecule has 1 N–H and O–H groups in total. The molecule has 6 nitrogen and oxygen atoms in total. The van der Waals surface area contributed by atoms with Crippen molar-refractivity contribution in [3.63, 3.8) is 0 Å². The Morgan fingerprint density at radius 3 is 2.18 bits per heavy atom. The van der Waals surface area contributed by atoms with Gasteiger partial charge in [0.05, 0.1) is 28.3 Å². The van der Waals surface area contributed by atoms with Crippen LogP contribution in [0.5, 0.6) is 0 Å². The predicted molar refractivity (Wildman–Crippen MR) is 138 cm³/mol. The number of hydrogen-bond donors (Lipinski definition) is 1. The Balaban J connectivity index is 1.63. The molecule has 8 heteroatoms. The van der Waals surface area contributed by atoms with Crippen LogP contribution in [0.2, 0.25) is 10.0 Å². The quantitative estimate of drug-likeness (QED) is 0.351. The van der Waals surface area contributed by atoms with Crippen LogP contribution in [-0.4, -0.2) is 34.4 Å². The highest BCUT2D eigenvalue weighted by Gasteiger charge is 2.20. The van der Waals surface area contributed by atoms with Crippen LogP contribution in [-0.2, 0) is 16.1 Å². The Labute approximate surface area is 206 Å². The second-order valence-corrected chi connectivity index (χ2v) is 8.78. The minimum atomic E-state index is -0.374. The zero-order valence-electron chi connectivity index (χ0n) is 18.6. The standard InChI is InChI=1S/C26H23Cl2N3O3/c1-2-13-30(15-24(32)29-21-14-17(27)11-12-20(21)28)25(33)16-31-22-9-5-3-7-18(22)26(34)19-8-4-6-10-23(19)31/h3-12,14H,2,13,15-16H2,1H3,(H,29,32). The van der Waals surface area contributed by atoms with Gasteiger partial charge in [-0.1, -0.05) is 54.4 Å². The van der Waals surface area contributed by atoms with Crippen LogP contribution in [0.1, 0.15) is 13.3 Å². The Morgan fingerprint density at radius 2 is 1.56 bits per heavy atom. The number of rotatable bonds is 7. The fourth-order valence-electron chi connectivity index (χ4n) is 4.00. The SMILES string of the molecule is CCCN(CC(=O)Nc1cc(Cl)ccc1Cl)C(=O)Cn1c2ccccc2c(=O)c2ccccc21. The zero-order chi connectivity index (χ0) is 24.2. The Morgan fingerprint density at radius 1 is 0.941 bits per heavy atom. The summed E-state index contributed by atoms with van der Waals surface area (Å²) < 4.78 is 1.84. The first-order valence-electron chi connectivity index (χ1n) is 10.9. The summed E-state index contributed by atoms with van der Waals surface area (Å²) in [6.07, 6.45) is 0.683. The molecule has 0 aliphatic heterocycles. The van der Waals surface area contributed by atoms with E-state index in [2.05, 4.69) is 5.32 Å². The maximum atomic E-state index is 13.4. The molecule has 1 heterocycles. The van der Waals surface area contributed by atoms with Gasteiger partial charge in [-0.15, -0.1) is 0 Å². The summed E-state index contributed by atoms with van der Waals surface area (Å²) in [5, 5.41) is 4.62. The lowest BCUT2D eigenvalue weighted by Crippen LogP contribution is -2.40. The molecular formula is C26H23Cl2N3O3. The number of anilines is 1. The van der Waals surface area contributed by atoms with Gasteiger partial charge in [0.2, 0.25) is 11.8 Å². The number of halogens is 2. The molecule has 4 rings (SSSR count). The van der Waals surface area contributed by atoms with E-state index < -0.39 is 0 Å². The number of aromatic nitrogens is 1. The number of carbonyl (C=O) groups is 2. The third kappa shape index (κ3) is 4.93. The minimum Gasteiger partial charge on any atom is -0.332 e. The molecule has 0 atom stereocenters. The summed E-state index contributed by atoms with van der Waals surface area (Å²) in [5.41, 5.74) is 1.66. The van der Waals surface area contributed by atoms with Crippen LogP contribution in [0, 0.1) is 0 Å². The summed E-state index contributed by atoms with van der Waals surface area (Å²) in [5.74, 6) is -0.603. The molecule has 0 unspecified atom stereocenters. The van der Waals surface area contributed by atoms with Gasteiger partial charge in [0.25, 0.3) is 0 Å². The highest BCUT2D eigenvalue weighted by molar-refractivity contribution is 6.35. The van der Waals surface area contributed by atoms with Crippen LogP contribution in [0.15, 0.2) is 71.5 Å². The lowest BCUT2D eigenvalue weighted by atomic mass is 10.1. The summed E-state index contributed by atoms with van der Waals surface area (Å²) >= 11 is 12.2. The van der Waals surface area contributed by atoms with E-state index in [0.717, 1.165) is 0 Å². The van der Waals surface area contributed by atoms with Gasteiger partial charge in [-0.05, 0) is 48.9 Å². The number of hydrogen-bond acceptors (Lipinski definition) is 3. The first-order chi connectivity index (χ1) is 16.4. The Bertz CT molecular complexity index is 1390. The molecule has 0 saturated carbocycles. The van der Waals surface area contributed by atoms with Crippen LogP contribution < -0.4 is 10.7 Å². The third-order valence-electron chi connectivity index (χ3n) is 5.56. The van der Waals surface area contributed by atoms with Crippen molar-refractivity contribution in [3.8, 4) is 0 Å². The first-order valence-corrected chi connectivity index (χ1v) is 11.7. The van der Waals surface area contributed by atoms with Crippen molar-refractivity contribution in [2.75, 3.05) is 18.4 Å². The number of nitrogens with one attached hydrogen (secondary N) is 1. The fourth-order valence-corrected chi connectivity index (χ4v) is 4.34. The van der Waals surface area contributed by atoms with Gasteiger partial charge in [0.15, 0.2) is 5.43 Å². The molecule has 2 amide bonds. The average Bonchev–Trinajstić information content (AvgIpc) is 2.83. The number of fused-ring (bicyclic) bond motifs is 2. The molecule has 174 valence electrons. The van der Waals surface area contributed by atoms with Crippen molar-refractivity contribution in [1.29, 1.82) is 0 Å². The van der Waals surface area contributed by atoms with Crippen LogP contribution in [0.4, 0.5) is 5.69 Å². The smallest absolute Gasteiger partial charge is 0.244 e. The topological polar surface area (TPSA) is 71.4 Å². The average molecular weight is 496 g/mol. The highest BCUT2D eigenvalue weighted by atomic mass is 35.5. The number of amides is 2. The number of carbonyl (C=O) groups excluding carboxylic acids is 2. The van der Waals surface area contributed by atoms with E-state index in [1.807, 2.05) is 35.8 Å². The molecule has 0 saturated heterocycles. The van der Waals surface area contributed by atoms with Gasteiger partial charge in [0, 0.05) is 22.3 Å². The van der Waals surface area contributed by atoms with E-state index in [9.17, 15) is 14.4 Å². The van der Waals surface area contributed by atoms with Crippen LogP contribution in [0.3, 0.4) is 0 Å². The van der Waals surface area contributed by atoms with Gasteiger partial charge in [-0.2, -0.15) is 0 Å². The molecule has 0 bridgehead atoms. The molecule has 0 aliphatic carbocycles. The van der Waals surface area contributed by atoms with Crippen molar-refractivity contribution in [1.82, 2.24) is 9.47 Å². The maximum absolute atomic E-state index is 13.4. The van der Waals surface area contributed by atoms with Crippen molar-refractivity contribution in [3.05, 3.63) is 87.0 Å². The second kappa shape index (κ2) is 10.3. The third-order valence-corrected chi connectivity index (χ3v) is 6.12. The van der Waals surface area contributed by atoms with E-state index in [1.54, 1.807) is 42.5 Å². The van der Waals surface area contributed by atoms with Crippen molar-refractivity contribution < 1.29 is 9.59 Å². The number of pyridine rings is 1. The van der Waals surface area contributed by atoms with E-state index in [0.29, 0.717) is 50.5 Å². The maximum Gasteiger partial charge on any atom is 0.244 e. The largest absolute Gasteiger partial charge is 0.332 e. The normalized spacial score (nSPS) is 11.0. The molecular weight excluding hydrogens is 473 g/mol. The monoisotopic (exact) mass is 495 g/mol. The minimum absolute atomic E-state index is 0.00743. The summed E-state index contributed by atoms with van der Waals surface area (Å²) in [6, 6.07) is 19.3. The molecule has 0 spiro atoms. The van der Waals surface area contributed by atoms with Crippen LogP contribution in [0.25, 0.3) is 21.8 Å². The van der Waals surface area contributed by atoms with Gasteiger partial charge < -0.3 is 14.8 Å². The van der Waals surface area contributed by atoms with Crippen molar-refractivity contribution in [2.24, 2.45) is 0 Å². The molecule has 0 fully saturated rings. The lowest BCUT2D eigenvalue weighted by molar-refractivity contribution is -0.135. The van der Waals surface area contributed by atoms with Gasteiger partial charge in [0.1, 0.15) is 6.54 Å². The molecule has 34 heavy (non-hydrogen) atoms. The highest BCUT2D eigenvalue weighted by Crippen LogP contribution is 2.25. The second-order valence-electron chi connectivity index (χ2n) is 7.94. The zero-order valence-corrected chi connectivity index (χ0v) is 20.1. The fraction of sp³-hybridized carbons (Fsp3) is 0.192. The molecule has 4 aromatic rings. The Hall–Kier alpha value is -3.35. The van der Waals surface area contributed by atoms with E-state index >= 15 is 0 Å². The summed E-state index contributed by atoms with van der Waals surface area (Å²) in [4.78, 5) is 40.6. The van der Waals surface area contributed by atoms with Crippen molar-refractivity contribution >= 4 is 62.5 Å². The summed E-state index contributed by atoms with van der Waals surface area (Å²) in [7, 11) is 0. The van der Waals surface area contributed by atoms with E-state index in [4.69, 9.17) is 23.2 Å². The predicted octanol–water partition coefficient (Wildman–Crippen LogP) is 5.34. The lowest BCUT2D eigenvalue weighted by Gasteiger charge is -2.24.